The Labute approximate surface area is 103 Å². The van der Waals surface area contributed by atoms with Crippen molar-refractivity contribution in [3.8, 4) is 0 Å². The van der Waals surface area contributed by atoms with Gasteiger partial charge >= 0.3 is 0 Å². The summed E-state index contributed by atoms with van der Waals surface area (Å²) in [5, 5.41) is 3.12. The molecule has 0 spiro atoms. The van der Waals surface area contributed by atoms with Crippen molar-refractivity contribution in [1.82, 2.24) is 9.97 Å². The van der Waals surface area contributed by atoms with Gasteiger partial charge in [0.2, 0.25) is 5.95 Å². The van der Waals surface area contributed by atoms with Crippen LogP contribution in [0.15, 0.2) is 24.9 Å². The van der Waals surface area contributed by atoms with Crippen LogP contribution in [0.2, 0.25) is 0 Å². The van der Waals surface area contributed by atoms with Crippen LogP contribution in [0.5, 0.6) is 0 Å². The lowest BCUT2D eigenvalue weighted by atomic mass is 10.0. The highest BCUT2D eigenvalue weighted by Crippen LogP contribution is 2.21. The van der Waals surface area contributed by atoms with Gasteiger partial charge in [0.1, 0.15) is 5.82 Å². The Hall–Kier alpha value is -1.58. The van der Waals surface area contributed by atoms with Gasteiger partial charge < -0.3 is 10.2 Å². The van der Waals surface area contributed by atoms with Crippen LogP contribution in [0.4, 0.5) is 11.8 Å². The summed E-state index contributed by atoms with van der Waals surface area (Å²) in [4.78, 5) is 11.1. The van der Waals surface area contributed by atoms with Crippen molar-refractivity contribution in [2.24, 2.45) is 5.92 Å². The Bertz CT molecular complexity index is 377. The molecule has 0 saturated carbocycles. The second-order valence-electron chi connectivity index (χ2n) is 4.60. The fraction of sp³-hybridized carbons (Fsp3) is 0.538. The SMILES string of the molecule is C=CCNc1nccc(N2CCCC(C)C2)n1. The van der Waals surface area contributed by atoms with Gasteiger partial charge in [0, 0.05) is 25.8 Å². The first kappa shape index (κ1) is 11.9. The van der Waals surface area contributed by atoms with E-state index in [1.807, 2.05) is 12.3 Å². The minimum Gasteiger partial charge on any atom is -0.356 e. The number of nitrogens with one attached hydrogen (secondary N) is 1. The van der Waals surface area contributed by atoms with Crippen molar-refractivity contribution < 1.29 is 0 Å². The van der Waals surface area contributed by atoms with Crippen LogP contribution < -0.4 is 10.2 Å². The lowest BCUT2D eigenvalue weighted by Crippen LogP contribution is -2.34. The van der Waals surface area contributed by atoms with Crippen LogP contribution in [-0.2, 0) is 0 Å². The van der Waals surface area contributed by atoms with Crippen LogP contribution in [-0.4, -0.2) is 29.6 Å². The zero-order valence-corrected chi connectivity index (χ0v) is 10.4. The third-order valence-electron chi connectivity index (χ3n) is 3.03. The molecule has 0 aliphatic carbocycles. The quantitative estimate of drug-likeness (QED) is 0.809. The molecule has 0 aromatic carbocycles. The topological polar surface area (TPSA) is 41.1 Å². The molecule has 1 fully saturated rings. The maximum Gasteiger partial charge on any atom is 0.224 e. The molecule has 1 saturated heterocycles. The van der Waals surface area contributed by atoms with E-state index in [0.717, 1.165) is 24.8 Å². The van der Waals surface area contributed by atoms with E-state index in [0.29, 0.717) is 12.5 Å². The van der Waals surface area contributed by atoms with Gasteiger partial charge in [0.15, 0.2) is 0 Å². The van der Waals surface area contributed by atoms with E-state index in [4.69, 9.17) is 0 Å². The maximum atomic E-state index is 4.52. The van der Waals surface area contributed by atoms with Crippen molar-refractivity contribution in [1.29, 1.82) is 0 Å². The smallest absolute Gasteiger partial charge is 0.224 e. The zero-order chi connectivity index (χ0) is 12.1. The summed E-state index contributed by atoms with van der Waals surface area (Å²) in [6, 6.07) is 1.98. The third-order valence-corrected chi connectivity index (χ3v) is 3.03. The highest BCUT2D eigenvalue weighted by Gasteiger charge is 2.17. The van der Waals surface area contributed by atoms with Gasteiger partial charge in [-0.3, -0.25) is 0 Å². The highest BCUT2D eigenvalue weighted by molar-refractivity contribution is 5.43. The molecule has 2 heterocycles. The molecule has 1 aromatic heterocycles. The van der Waals surface area contributed by atoms with E-state index in [1.165, 1.54) is 12.8 Å². The Morgan fingerprint density at radius 2 is 2.53 bits per heavy atom. The molecule has 1 aliphatic rings. The van der Waals surface area contributed by atoms with E-state index in [2.05, 4.69) is 33.7 Å². The Morgan fingerprint density at radius 1 is 1.65 bits per heavy atom. The molecular weight excluding hydrogens is 212 g/mol. The molecule has 0 bridgehead atoms. The first-order valence-electron chi connectivity index (χ1n) is 6.22. The number of anilines is 2. The molecule has 1 N–H and O–H groups in total. The highest BCUT2D eigenvalue weighted by atomic mass is 15.2. The molecule has 1 unspecified atom stereocenters. The molecule has 1 aliphatic heterocycles. The van der Waals surface area contributed by atoms with Crippen molar-refractivity contribution in [3.63, 3.8) is 0 Å². The van der Waals surface area contributed by atoms with Gasteiger partial charge in [-0.05, 0) is 24.8 Å². The predicted molar refractivity (Wildman–Crippen MR) is 71.3 cm³/mol. The molecule has 92 valence electrons. The van der Waals surface area contributed by atoms with Gasteiger partial charge in [0.05, 0.1) is 0 Å². The summed E-state index contributed by atoms with van der Waals surface area (Å²) < 4.78 is 0. The first-order chi connectivity index (χ1) is 8.29. The first-order valence-corrected chi connectivity index (χ1v) is 6.22. The third kappa shape index (κ3) is 3.19. The number of piperidine rings is 1. The average molecular weight is 232 g/mol. The molecule has 4 heteroatoms. The fourth-order valence-electron chi connectivity index (χ4n) is 2.17. The minimum atomic E-state index is 0.681. The van der Waals surface area contributed by atoms with Crippen molar-refractivity contribution in [2.45, 2.75) is 19.8 Å². The predicted octanol–water partition coefficient (Wildman–Crippen LogP) is 2.31. The van der Waals surface area contributed by atoms with Gasteiger partial charge in [-0.1, -0.05) is 13.0 Å². The molecule has 17 heavy (non-hydrogen) atoms. The summed E-state index contributed by atoms with van der Waals surface area (Å²) in [5.41, 5.74) is 0. The number of hydrogen-bond acceptors (Lipinski definition) is 4. The number of rotatable bonds is 4. The van der Waals surface area contributed by atoms with Gasteiger partial charge in [-0.2, -0.15) is 4.98 Å². The van der Waals surface area contributed by atoms with E-state index in [9.17, 15) is 0 Å². The molecule has 2 rings (SSSR count). The Balaban J connectivity index is 2.06. The minimum absolute atomic E-state index is 0.681. The van der Waals surface area contributed by atoms with Crippen LogP contribution in [0, 0.1) is 5.92 Å². The summed E-state index contributed by atoms with van der Waals surface area (Å²) in [7, 11) is 0. The normalized spacial score (nSPS) is 20.1. The average Bonchev–Trinajstić information content (AvgIpc) is 2.37. The fourth-order valence-corrected chi connectivity index (χ4v) is 2.17. The van der Waals surface area contributed by atoms with Crippen LogP contribution in [0.3, 0.4) is 0 Å². The summed E-state index contributed by atoms with van der Waals surface area (Å²) in [6.45, 7) is 8.85. The van der Waals surface area contributed by atoms with E-state index < -0.39 is 0 Å². The largest absolute Gasteiger partial charge is 0.356 e. The van der Waals surface area contributed by atoms with E-state index in [-0.39, 0.29) is 0 Å². The van der Waals surface area contributed by atoms with E-state index >= 15 is 0 Å². The molecule has 4 nitrogen and oxygen atoms in total. The van der Waals surface area contributed by atoms with Gasteiger partial charge in [0.25, 0.3) is 0 Å². The second-order valence-corrected chi connectivity index (χ2v) is 4.60. The zero-order valence-electron chi connectivity index (χ0n) is 10.4. The second kappa shape index (κ2) is 5.66. The number of nitrogens with zero attached hydrogens (tertiary/aromatic N) is 3. The molecule has 1 aromatic rings. The lowest BCUT2D eigenvalue weighted by Gasteiger charge is -2.31. The van der Waals surface area contributed by atoms with Crippen LogP contribution >= 0.6 is 0 Å². The molecular formula is C13H20N4. The van der Waals surface area contributed by atoms with Gasteiger partial charge in [-0.15, -0.1) is 6.58 Å². The molecule has 0 radical (unpaired) electrons. The summed E-state index contributed by atoms with van der Waals surface area (Å²) in [5.74, 6) is 2.46. The standard InChI is InChI=1S/C13H20N4/c1-3-7-14-13-15-8-6-12(16-13)17-9-4-5-11(2)10-17/h3,6,8,11H,1,4-5,7,9-10H2,2H3,(H,14,15,16). The Kier molecular flexibility index (Phi) is 3.96. The molecule has 1 atom stereocenters. The van der Waals surface area contributed by atoms with E-state index in [1.54, 1.807) is 6.08 Å². The lowest BCUT2D eigenvalue weighted by molar-refractivity contribution is 0.444. The number of hydrogen-bond donors (Lipinski definition) is 1. The maximum absolute atomic E-state index is 4.52. The van der Waals surface area contributed by atoms with Crippen LogP contribution in [0.25, 0.3) is 0 Å². The monoisotopic (exact) mass is 232 g/mol. The van der Waals surface area contributed by atoms with Gasteiger partial charge in [-0.25, -0.2) is 4.98 Å². The van der Waals surface area contributed by atoms with Crippen LogP contribution in [0.1, 0.15) is 19.8 Å². The van der Waals surface area contributed by atoms with Crippen molar-refractivity contribution >= 4 is 11.8 Å². The summed E-state index contributed by atoms with van der Waals surface area (Å²) in [6.07, 6.45) is 6.19. The summed E-state index contributed by atoms with van der Waals surface area (Å²) >= 11 is 0. The Morgan fingerprint density at radius 3 is 3.29 bits per heavy atom. The molecule has 0 amide bonds. The van der Waals surface area contributed by atoms with Crippen molar-refractivity contribution in [3.05, 3.63) is 24.9 Å². The number of aromatic nitrogens is 2. The van der Waals surface area contributed by atoms with Crippen molar-refractivity contribution in [2.75, 3.05) is 29.9 Å².